The maximum Gasteiger partial charge on any atom is 0.413 e. The zero-order valence-electron chi connectivity index (χ0n) is 15.6. The minimum atomic E-state index is -0.834. The number of nitrogens with zero attached hydrogens (tertiary/aromatic N) is 6. The second kappa shape index (κ2) is 6.69. The van der Waals surface area contributed by atoms with Gasteiger partial charge in [0.1, 0.15) is 23.1 Å². The predicted molar refractivity (Wildman–Crippen MR) is 96.7 cm³/mol. The van der Waals surface area contributed by atoms with Crippen LogP contribution < -0.4 is 10.5 Å². The van der Waals surface area contributed by atoms with E-state index < -0.39 is 30.1 Å². The molecule has 30 heavy (non-hydrogen) atoms. The number of carbonyl (C=O) groups excluding carboxylic acids is 1. The van der Waals surface area contributed by atoms with Crippen molar-refractivity contribution in [2.75, 3.05) is 6.54 Å². The van der Waals surface area contributed by atoms with Gasteiger partial charge in [-0.1, -0.05) is 6.07 Å². The van der Waals surface area contributed by atoms with Crippen molar-refractivity contribution >= 4 is 6.09 Å². The number of rotatable bonds is 3. The highest BCUT2D eigenvalue weighted by Crippen LogP contribution is 2.40. The number of benzene rings is 1. The summed E-state index contributed by atoms with van der Waals surface area (Å²) in [5.74, 6) is -1.35. The molecular formula is C18H15F2N7O3. The lowest BCUT2D eigenvalue weighted by Crippen LogP contribution is -2.46. The molecule has 3 aromatic rings. The van der Waals surface area contributed by atoms with Gasteiger partial charge in [0.15, 0.2) is 6.10 Å². The molecule has 5 rings (SSSR count). The Labute approximate surface area is 168 Å². The average molecular weight is 415 g/mol. The van der Waals surface area contributed by atoms with Crippen molar-refractivity contribution in [3.05, 3.63) is 41.6 Å². The molecular weight excluding hydrogens is 400 g/mol. The predicted octanol–water partition coefficient (Wildman–Crippen LogP) is 1.22. The van der Waals surface area contributed by atoms with Crippen molar-refractivity contribution in [1.82, 2.24) is 30.1 Å². The number of aryl methyl sites for hydroxylation is 1. The van der Waals surface area contributed by atoms with E-state index in [1.54, 1.807) is 13.1 Å². The van der Waals surface area contributed by atoms with Crippen molar-refractivity contribution in [2.24, 2.45) is 12.8 Å². The Bertz CT molecular complexity index is 1150. The van der Waals surface area contributed by atoms with E-state index in [0.717, 1.165) is 6.07 Å². The van der Waals surface area contributed by atoms with Crippen LogP contribution in [0.15, 0.2) is 24.4 Å². The SMILES string of the molecule is Cn1nnc(-c2ccc(-c3c(F)cc4c(c3F)CN3C(=O)O[C@@H](CN)[C@@H]3O4)cn2)n1. The van der Waals surface area contributed by atoms with Crippen molar-refractivity contribution in [3.8, 4) is 28.4 Å². The van der Waals surface area contributed by atoms with E-state index in [9.17, 15) is 9.18 Å². The molecule has 4 heterocycles. The van der Waals surface area contributed by atoms with E-state index in [1.165, 1.54) is 22.0 Å². The highest BCUT2D eigenvalue weighted by molar-refractivity contribution is 5.73. The van der Waals surface area contributed by atoms with Crippen LogP contribution in [-0.2, 0) is 18.3 Å². The molecule has 1 amide bonds. The number of nitrogens with two attached hydrogens (primary N) is 1. The molecule has 2 aromatic heterocycles. The van der Waals surface area contributed by atoms with Crippen molar-refractivity contribution < 1.29 is 23.0 Å². The van der Waals surface area contributed by atoms with Gasteiger partial charge in [-0.15, -0.1) is 10.2 Å². The third-order valence-corrected chi connectivity index (χ3v) is 4.99. The lowest BCUT2D eigenvalue weighted by atomic mass is 10.00. The number of tetrazole rings is 1. The number of hydrogen-bond donors (Lipinski definition) is 1. The second-order valence-corrected chi connectivity index (χ2v) is 6.85. The van der Waals surface area contributed by atoms with Crippen LogP contribution in [0.4, 0.5) is 13.6 Å². The first-order chi connectivity index (χ1) is 14.5. The minimum Gasteiger partial charge on any atom is -0.466 e. The first kappa shape index (κ1) is 18.4. The molecule has 0 bridgehead atoms. The number of pyridine rings is 1. The number of carbonyl (C=O) groups is 1. The highest BCUT2D eigenvalue weighted by atomic mass is 19.1. The summed E-state index contributed by atoms with van der Waals surface area (Å²) in [4.78, 5) is 18.7. The largest absolute Gasteiger partial charge is 0.466 e. The van der Waals surface area contributed by atoms with Crippen LogP contribution in [0.25, 0.3) is 22.6 Å². The number of aromatic nitrogens is 5. The molecule has 1 saturated heterocycles. The summed E-state index contributed by atoms with van der Waals surface area (Å²) in [7, 11) is 1.61. The number of amides is 1. The maximum atomic E-state index is 15.3. The Kier molecular flexibility index (Phi) is 4.10. The smallest absolute Gasteiger partial charge is 0.413 e. The number of ether oxygens (including phenoxy) is 2. The molecule has 2 N–H and O–H groups in total. The standard InChI is InChI=1S/C18H15F2N7O3/c1-26-24-16(23-25-26)11-3-2-8(6-22-11)14-10(19)4-12-9(15(14)20)7-27-17(29-12)13(5-21)30-18(27)28/h2-4,6,13,17H,5,7,21H2,1H3/t13-,17-/m0/s1. The summed E-state index contributed by atoms with van der Waals surface area (Å²) in [5, 5.41) is 11.6. The highest BCUT2D eigenvalue weighted by Gasteiger charge is 2.46. The molecule has 0 saturated carbocycles. The second-order valence-electron chi connectivity index (χ2n) is 6.85. The van der Waals surface area contributed by atoms with Crippen LogP contribution in [-0.4, -0.2) is 55.1 Å². The summed E-state index contributed by atoms with van der Waals surface area (Å²) >= 11 is 0. The van der Waals surface area contributed by atoms with Gasteiger partial charge in [0, 0.05) is 24.4 Å². The Balaban J connectivity index is 1.52. The van der Waals surface area contributed by atoms with Crippen LogP contribution in [0.5, 0.6) is 5.75 Å². The van der Waals surface area contributed by atoms with E-state index in [0.29, 0.717) is 5.69 Å². The molecule has 0 unspecified atom stereocenters. The zero-order valence-corrected chi connectivity index (χ0v) is 15.6. The Morgan fingerprint density at radius 2 is 2.13 bits per heavy atom. The minimum absolute atomic E-state index is 0.0140. The number of hydrogen-bond acceptors (Lipinski definition) is 8. The molecule has 10 nitrogen and oxygen atoms in total. The summed E-state index contributed by atoms with van der Waals surface area (Å²) in [6, 6.07) is 4.15. The van der Waals surface area contributed by atoms with E-state index >= 15 is 4.39 Å². The maximum absolute atomic E-state index is 15.3. The molecule has 12 heteroatoms. The Hall–Kier alpha value is -3.67. The molecule has 0 aliphatic carbocycles. The van der Waals surface area contributed by atoms with E-state index in [-0.39, 0.29) is 41.4 Å². The first-order valence-corrected chi connectivity index (χ1v) is 9.02. The normalized spacial score (nSPS) is 19.9. The number of fused-ring (bicyclic) bond motifs is 2. The number of halogens is 2. The van der Waals surface area contributed by atoms with Gasteiger partial charge in [-0.25, -0.2) is 13.6 Å². The molecule has 0 spiro atoms. The molecule has 154 valence electrons. The molecule has 2 aliphatic rings. The van der Waals surface area contributed by atoms with Crippen LogP contribution >= 0.6 is 0 Å². The van der Waals surface area contributed by atoms with Gasteiger partial charge in [-0.3, -0.25) is 9.88 Å². The fraction of sp³-hybridized carbons (Fsp3) is 0.278. The first-order valence-electron chi connectivity index (χ1n) is 9.02. The van der Waals surface area contributed by atoms with Crippen LogP contribution in [0.1, 0.15) is 5.56 Å². The summed E-state index contributed by atoms with van der Waals surface area (Å²) in [5.41, 5.74) is 5.99. The van der Waals surface area contributed by atoms with Crippen LogP contribution in [0.3, 0.4) is 0 Å². The fourth-order valence-corrected chi connectivity index (χ4v) is 3.53. The van der Waals surface area contributed by atoms with Gasteiger partial charge in [0.2, 0.25) is 12.1 Å². The van der Waals surface area contributed by atoms with Gasteiger partial charge in [0.05, 0.1) is 24.7 Å². The van der Waals surface area contributed by atoms with Gasteiger partial charge in [-0.05, 0) is 11.3 Å². The van der Waals surface area contributed by atoms with Gasteiger partial charge < -0.3 is 15.2 Å². The van der Waals surface area contributed by atoms with Crippen molar-refractivity contribution in [1.29, 1.82) is 0 Å². The summed E-state index contributed by atoms with van der Waals surface area (Å²) in [6.45, 7) is -0.0898. The molecule has 1 fully saturated rings. The average Bonchev–Trinajstić information content (AvgIpc) is 3.30. The zero-order chi connectivity index (χ0) is 21.0. The Morgan fingerprint density at radius 3 is 2.80 bits per heavy atom. The van der Waals surface area contributed by atoms with Gasteiger partial charge in [-0.2, -0.15) is 4.80 Å². The van der Waals surface area contributed by atoms with Crippen molar-refractivity contribution in [3.63, 3.8) is 0 Å². The monoisotopic (exact) mass is 415 g/mol. The van der Waals surface area contributed by atoms with Gasteiger partial charge in [0.25, 0.3) is 0 Å². The van der Waals surface area contributed by atoms with Crippen LogP contribution in [0, 0.1) is 11.6 Å². The lowest BCUT2D eigenvalue weighted by molar-refractivity contribution is 0.0206. The Morgan fingerprint density at radius 1 is 1.30 bits per heavy atom. The molecule has 2 atom stereocenters. The van der Waals surface area contributed by atoms with Crippen molar-refractivity contribution in [2.45, 2.75) is 18.9 Å². The third kappa shape index (κ3) is 2.76. The molecule has 1 aromatic carbocycles. The fourth-order valence-electron chi connectivity index (χ4n) is 3.53. The lowest BCUT2D eigenvalue weighted by Gasteiger charge is -2.32. The molecule has 2 aliphatic heterocycles. The topological polar surface area (TPSA) is 121 Å². The van der Waals surface area contributed by atoms with Gasteiger partial charge >= 0.3 is 6.09 Å². The van der Waals surface area contributed by atoms with E-state index in [2.05, 4.69) is 20.4 Å². The molecule has 0 radical (unpaired) electrons. The van der Waals surface area contributed by atoms with Crippen LogP contribution in [0.2, 0.25) is 0 Å². The van der Waals surface area contributed by atoms with E-state index in [1.807, 2.05) is 0 Å². The number of cyclic esters (lactones) is 1. The van der Waals surface area contributed by atoms with E-state index in [4.69, 9.17) is 15.2 Å². The summed E-state index contributed by atoms with van der Waals surface area (Å²) in [6.07, 6.45) is -0.863. The third-order valence-electron chi connectivity index (χ3n) is 4.99. The summed E-state index contributed by atoms with van der Waals surface area (Å²) < 4.78 is 40.9. The quantitative estimate of drug-likeness (QED) is 0.678.